The average molecular weight is 344 g/mol. The zero-order chi connectivity index (χ0) is 17.6. The van der Waals surface area contributed by atoms with Crippen molar-refractivity contribution < 1.29 is 37.7 Å². The minimum Gasteiger partial charge on any atom is -0.394 e. The second-order valence-electron chi connectivity index (χ2n) is 4.53. The largest absolute Gasteiger partial charge is 0.394 e. The lowest BCUT2D eigenvalue weighted by Gasteiger charge is -2.23. The summed E-state index contributed by atoms with van der Waals surface area (Å²) in [5.74, 6) is -1.01. The lowest BCUT2D eigenvalue weighted by Crippen LogP contribution is -2.47. The van der Waals surface area contributed by atoms with Crippen molar-refractivity contribution in [3.05, 3.63) is 12.7 Å². The van der Waals surface area contributed by atoms with Gasteiger partial charge in [-0.15, -0.1) is 0 Å². The van der Waals surface area contributed by atoms with Gasteiger partial charge >= 0.3 is 0 Å². The van der Waals surface area contributed by atoms with Crippen LogP contribution in [0.4, 0.5) is 0 Å². The molecular weight excluding hydrogens is 320 g/mol. The Morgan fingerprint density at radius 3 is 2.00 bits per heavy atom. The summed E-state index contributed by atoms with van der Waals surface area (Å²) in [5, 5.41) is 18.7. The molecule has 0 spiro atoms. The zero-order valence-corrected chi connectivity index (χ0v) is 13.4. The van der Waals surface area contributed by atoms with E-state index in [1.165, 1.54) is 13.8 Å². The standard InChI is InChI=1S/C7H13NO4S.C4H11NO4/c1-4-6(9)8-7(2,3)5-13(10,11)12;6-1-3-8-5-9-4-2-7/h4H,1,5H2,2-3H3,(H,8,9)(H,10,11,12);5-7H,1-4H2. The van der Waals surface area contributed by atoms with E-state index in [1.54, 1.807) is 0 Å². The van der Waals surface area contributed by atoms with E-state index >= 15 is 0 Å². The molecule has 132 valence electrons. The molecule has 0 aromatic rings. The summed E-state index contributed by atoms with van der Waals surface area (Å²) in [6, 6.07) is 0. The van der Waals surface area contributed by atoms with Gasteiger partial charge in [-0.05, 0) is 19.9 Å². The van der Waals surface area contributed by atoms with Crippen molar-refractivity contribution in [2.45, 2.75) is 19.4 Å². The van der Waals surface area contributed by atoms with Gasteiger partial charge in [-0.25, -0.2) is 0 Å². The lowest BCUT2D eigenvalue weighted by molar-refractivity contribution is -0.178. The highest BCUT2D eigenvalue weighted by Gasteiger charge is 2.25. The number of rotatable bonds is 10. The van der Waals surface area contributed by atoms with E-state index in [2.05, 4.69) is 27.2 Å². The average Bonchev–Trinajstić information content (AvgIpc) is 2.36. The van der Waals surface area contributed by atoms with E-state index in [0.717, 1.165) is 6.08 Å². The van der Waals surface area contributed by atoms with Crippen molar-refractivity contribution in [3.63, 3.8) is 0 Å². The maximum Gasteiger partial charge on any atom is 0.267 e. The Bertz CT molecular complexity index is 404. The Morgan fingerprint density at radius 1 is 1.23 bits per heavy atom. The van der Waals surface area contributed by atoms with Crippen LogP contribution in [0, 0.1) is 0 Å². The van der Waals surface area contributed by atoms with E-state index in [0.29, 0.717) is 0 Å². The van der Waals surface area contributed by atoms with Crippen molar-refractivity contribution in [3.8, 4) is 0 Å². The van der Waals surface area contributed by atoms with Gasteiger partial charge in [0, 0.05) is 0 Å². The van der Waals surface area contributed by atoms with Gasteiger partial charge in [0.1, 0.15) is 0 Å². The number of aliphatic hydroxyl groups is 2. The summed E-state index contributed by atoms with van der Waals surface area (Å²) in [6.45, 7) is 6.42. The van der Waals surface area contributed by atoms with E-state index in [9.17, 15) is 13.2 Å². The van der Waals surface area contributed by atoms with Crippen LogP contribution in [0.15, 0.2) is 12.7 Å². The van der Waals surface area contributed by atoms with Crippen LogP contribution in [0.2, 0.25) is 0 Å². The first-order valence-electron chi connectivity index (χ1n) is 6.18. The van der Waals surface area contributed by atoms with Gasteiger partial charge in [-0.2, -0.15) is 8.42 Å². The molecule has 1 amide bonds. The molecule has 0 saturated heterocycles. The van der Waals surface area contributed by atoms with Gasteiger partial charge in [0.25, 0.3) is 10.1 Å². The molecule has 0 unspecified atom stereocenters. The summed E-state index contributed by atoms with van der Waals surface area (Å²) in [4.78, 5) is 19.7. The molecule has 0 aromatic carbocycles. The molecule has 0 fully saturated rings. The lowest BCUT2D eigenvalue weighted by atomic mass is 10.1. The molecule has 5 N–H and O–H groups in total. The molecule has 0 aliphatic carbocycles. The number of aliphatic hydroxyl groups excluding tert-OH is 2. The third-order valence-corrected chi connectivity index (χ3v) is 2.78. The fourth-order valence-electron chi connectivity index (χ4n) is 1.09. The van der Waals surface area contributed by atoms with Crippen molar-refractivity contribution in [1.29, 1.82) is 0 Å². The Kier molecular flexibility index (Phi) is 13.1. The number of hydrogen-bond donors (Lipinski definition) is 5. The van der Waals surface area contributed by atoms with Gasteiger partial charge < -0.3 is 15.5 Å². The number of carbonyl (C=O) groups excluding carboxylic acids is 1. The van der Waals surface area contributed by atoms with Gasteiger partial charge in [-0.3, -0.25) is 19.0 Å². The third-order valence-electron chi connectivity index (χ3n) is 1.69. The number of nitrogens with one attached hydrogen (secondary N) is 2. The zero-order valence-electron chi connectivity index (χ0n) is 12.6. The predicted molar refractivity (Wildman–Crippen MR) is 78.0 cm³/mol. The highest BCUT2D eigenvalue weighted by Crippen LogP contribution is 2.05. The summed E-state index contributed by atoms with van der Waals surface area (Å²) < 4.78 is 29.5. The van der Waals surface area contributed by atoms with Crippen molar-refractivity contribution in [2.75, 3.05) is 32.2 Å². The second-order valence-corrected chi connectivity index (χ2v) is 5.98. The molecule has 22 heavy (non-hydrogen) atoms. The molecule has 0 saturated carbocycles. The monoisotopic (exact) mass is 344 g/mol. The maximum absolute atomic E-state index is 10.8. The molecular formula is C11H24N2O8S. The van der Waals surface area contributed by atoms with Gasteiger partial charge in [0.15, 0.2) is 0 Å². The maximum atomic E-state index is 10.8. The Hall–Kier alpha value is -1.08. The van der Waals surface area contributed by atoms with Crippen LogP contribution < -0.4 is 11.0 Å². The summed E-state index contributed by atoms with van der Waals surface area (Å²) in [6.07, 6.45) is 1.03. The topological polar surface area (TPSA) is 154 Å². The Balaban J connectivity index is 0. The molecule has 0 rings (SSSR count). The van der Waals surface area contributed by atoms with E-state index < -0.39 is 27.3 Å². The molecule has 11 heteroatoms. The molecule has 0 heterocycles. The van der Waals surface area contributed by atoms with Gasteiger partial charge in [0.2, 0.25) is 5.91 Å². The summed E-state index contributed by atoms with van der Waals surface area (Å²) in [7, 11) is -4.08. The molecule has 0 aromatic heterocycles. The van der Waals surface area contributed by atoms with E-state index in [4.69, 9.17) is 14.8 Å². The summed E-state index contributed by atoms with van der Waals surface area (Å²) >= 11 is 0. The number of hydrogen-bond acceptors (Lipinski definition) is 8. The smallest absolute Gasteiger partial charge is 0.267 e. The highest BCUT2D eigenvalue weighted by molar-refractivity contribution is 7.85. The molecule has 0 aliphatic rings. The van der Waals surface area contributed by atoms with E-state index in [1.807, 2.05) is 0 Å². The third kappa shape index (κ3) is 18.9. The van der Waals surface area contributed by atoms with Crippen LogP contribution in [0.3, 0.4) is 0 Å². The van der Waals surface area contributed by atoms with Crippen LogP contribution in [0.5, 0.6) is 0 Å². The normalized spacial score (nSPS) is 11.3. The molecule has 0 atom stereocenters. The van der Waals surface area contributed by atoms with Gasteiger partial charge in [0.05, 0.1) is 37.7 Å². The summed E-state index contributed by atoms with van der Waals surface area (Å²) in [5.41, 5.74) is 1.07. The number of carbonyl (C=O) groups is 1. The van der Waals surface area contributed by atoms with E-state index in [-0.39, 0.29) is 26.4 Å². The highest BCUT2D eigenvalue weighted by atomic mass is 32.2. The van der Waals surface area contributed by atoms with Crippen LogP contribution in [0.25, 0.3) is 0 Å². The first kappa shape index (κ1) is 23.2. The van der Waals surface area contributed by atoms with Crippen molar-refractivity contribution in [2.24, 2.45) is 0 Å². The minimum absolute atomic E-state index is 0.0600. The fraction of sp³-hybridized carbons (Fsp3) is 0.727. The van der Waals surface area contributed by atoms with Crippen molar-refractivity contribution in [1.82, 2.24) is 11.0 Å². The quantitative estimate of drug-likeness (QED) is 0.136. The van der Waals surface area contributed by atoms with Crippen LogP contribution in [-0.4, -0.2) is 66.8 Å². The Morgan fingerprint density at radius 2 is 1.68 bits per heavy atom. The molecule has 0 bridgehead atoms. The fourth-order valence-corrected chi connectivity index (χ4v) is 2.08. The first-order valence-corrected chi connectivity index (χ1v) is 7.79. The Labute approximate surface area is 129 Å². The molecule has 0 aliphatic heterocycles. The molecule has 10 nitrogen and oxygen atoms in total. The SMILES string of the molecule is C=CC(=O)NC(C)(C)CS(=O)(=O)O.OCCONOCCO. The second kappa shape index (κ2) is 12.5. The van der Waals surface area contributed by atoms with Crippen LogP contribution in [0.1, 0.15) is 13.8 Å². The van der Waals surface area contributed by atoms with Crippen LogP contribution >= 0.6 is 0 Å². The predicted octanol–water partition coefficient (Wildman–Crippen LogP) is -1.62. The first-order chi connectivity index (χ1) is 10.1. The van der Waals surface area contributed by atoms with Gasteiger partial charge in [-0.1, -0.05) is 12.2 Å². The molecule has 0 radical (unpaired) electrons. The van der Waals surface area contributed by atoms with Crippen molar-refractivity contribution >= 4 is 16.0 Å². The number of amides is 1. The van der Waals surface area contributed by atoms with Crippen LogP contribution in [-0.2, 0) is 24.6 Å². The minimum atomic E-state index is -4.08.